The van der Waals surface area contributed by atoms with E-state index in [2.05, 4.69) is 6.92 Å². The molecule has 2 heteroatoms. The van der Waals surface area contributed by atoms with Gasteiger partial charge in [0.05, 0.1) is 4.88 Å². The zero-order valence-electron chi connectivity index (χ0n) is 9.24. The Morgan fingerprint density at radius 3 is 2.73 bits per heavy atom. The molecular formula is C13H18OS. The second-order valence-corrected chi connectivity index (χ2v) is 5.68. The van der Waals surface area contributed by atoms with E-state index in [1.54, 1.807) is 11.3 Å². The Kier molecular flexibility index (Phi) is 3.57. The molecule has 0 spiro atoms. The Morgan fingerprint density at radius 1 is 1.40 bits per heavy atom. The molecule has 1 nitrogen and oxygen atoms in total. The van der Waals surface area contributed by atoms with Gasteiger partial charge >= 0.3 is 0 Å². The lowest BCUT2D eigenvalue weighted by molar-refractivity contribution is 0.0948. The van der Waals surface area contributed by atoms with Crippen LogP contribution in [0, 0.1) is 11.8 Å². The number of thiophene rings is 1. The van der Waals surface area contributed by atoms with Crippen LogP contribution in [0.4, 0.5) is 0 Å². The van der Waals surface area contributed by atoms with Crippen LogP contribution in [0.5, 0.6) is 0 Å². The minimum Gasteiger partial charge on any atom is -0.293 e. The third-order valence-electron chi connectivity index (χ3n) is 3.41. The summed E-state index contributed by atoms with van der Waals surface area (Å²) in [5.41, 5.74) is 0. The number of carbonyl (C=O) groups is 1. The fourth-order valence-corrected chi connectivity index (χ4v) is 3.01. The van der Waals surface area contributed by atoms with E-state index in [1.807, 2.05) is 17.5 Å². The zero-order chi connectivity index (χ0) is 10.7. The van der Waals surface area contributed by atoms with Crippen molar-refractivity contribution < 1.29 is 4.79 Å². The van der Waals surface area contributed by atoms with Gasteiger partial charge in [-0.15, -0.1) is 11.3 Å². The number of rotatable bonds is 3. The topological polar surface area (TPSA) is 17.1 Å². The van der Waals surface area contributed by atoms with Crippen LogP contribution in [-0.4, -0.2) is 5.78 Å². The van der Waals surface area contributed by atoms with Crippen LogP contribution >= 0.6 is 11.3 Å². The molecular weight excluding hydrogens is 204 g/mol. The molecule has 0 aliphatic heterocycles. The molecule has 1 saturated carbocycles. The number of ketones is 1. The number of hydrogen-bond acceptors (Lipinski definition) is 2. The standard InChI is InChI=1S/C13H18OS/c1-10-4-6-11(7-5-10)9-12(14)13-3-2-8-15-13/h2-3,8,10-11H,4-7,9H2,1H3. The second kappa shape index (κ2) is 4.93. The van der Waals surface area contributed by atoms with E-state index in [4.69, 9.17) is 0 Å². The smallest absolute Gasteiger partial charge is 0.173 e. The fraction of sp³-hybridized carbons (Fsp3) is 0.615. The monoisotopic (exact) mass is 222 g/mol. The van der Waals surface area contributed by atoms with Gasteiger partial charge in [-0.05, 0) is 36.1 Å². The lowest BCUT2D eigenvalue weighted by Crippen LogP contribution is -2.15. The fourth-order valence-electron chi connectivity index (χ4n) is 2.33. The maximum atomic E-state index is 11.9. The van der Waals surface area contributed by atoms with E-state index in [9.17, 15) is 4.79 Å². The van der Waals surface area contributed by atoms with Crippen LogP contribution in [0.25, 0.3) is 0 Å². The molecule has 0 atom stereocenters. The van der Waals surface area contributed by atoms with E-state index in [0.29, 0.717) is 11.7 Å². The van der Waals surface area contributed by atoms with Gasteiger partial charge < -0.3 is 0 Å². The Hall–Kier alpha value is -0.630. The van der Waals surface area contributed by atoms with Crippen LogP contribution < -0.4 is 0 Å². The molecule has 0 amide bonds. The summed E-state index contributed by atoms with van der Waals surface area (Å²) in [5.74, 6) is 1.87. The van der Waals surface area contributed by atoms with Gasteiger partial charge in [0, 0.05) is 6.42 Å². The molecule has 1 aromatic heterocycles. The molecule has 0 aromatic carbocycles. The third-order valence-corrected chi connectivity index (χ3v) is 4.32. The molecule has 2 rings (SSSR count). The average Bonchev–Trinajstić information content (AvgIpc) is 2.74. The minimum atomic E-state index is 0.351. The first-order valence-electron chi connectivity index (χ1n) is 5.82. The predicted octanol–water partition coefficient (Wildman–Crippen LogP) is 4.15. The molecule has 15 heavy (non-hydrogen) atoms. The maximum absolute atomic E-state index is 11.9. The highest BCUT2D eigenvalue weighted by atomic mass is 32.1. The van der Waals surface area contributed by atoms with Gasteiger partial charge in [-0.3, -0.25) is 4.79 Å². The van der Waals surface area contributed by atoms with Crippen LogP contribution in [0.3, 0.4) is 0 Å². The second-order valence-electron chi connectivity index (χ2n) is 4.73. The first-order valence-corrected chi connectivity index (χ1v) is 6.70. The summed E-state index contributed by atoms with van der Waals surface area (Å²) in [5, 5.41) is 1.98. The molecule has 0 bridgehead atoms. The van der Waals surface area contributed by atoms with Gasteiger partial charge in [-0.25, -0.2) is 0 Å². The molecule has 1 fully saturated rings. The average molecular weight is 222 g/mol. The van der Waals surface area contributed by atoms with Crippen molar-refractivity contribution in [3.63, 3.8) is 0 Å². The Bertz CT molecular complexity index is 307. The maximum Gasteiger partial charge on any atom is 0.173 e. The summed E-state index contributed by atoms with van der Waals surface area (Å²) in [6, 6.07) is 3.90. The summed E-state index contributed by atoms with van der Waals surface area (Å²) < 4.78 is 0. The number of hydrogen-bond donors (Lipinski definition) is 0. The van der Waals surface area contributed by atoms with Crippen molar-refractivity contribution in [2.75, 3.05) is 0 Å². The first kappa shape index (κ1) is 10.9. The van der Waals surface area contributed by atoms with Gasteiger partial charge in [-0.1, -0.05) is 25.8 Å². The van der Waals surface area contributed by atoms with E-state index < -0.39 is 0 Å². The van der Waals surface area contributed by atoms with Crippen LogP contribution in [0.2, 0.25) is 0 Å². The van der Waals surface area contributed by atoms with Gasteiger partial charge in [0.25, 0.3) is 0 Å². The van der Waals surface area contributed by atoms with Crippen LogP contribution in [0.15, 0.2) is 17.5 Å². The minimum absolute atomic E-state index is 0.351. The number of Topliss-reactive ketones (excluding diaryl/α,β-unsaturated/α-hetero) is 1. The molecule has 0 unspecified atom stereocenters. The molecule has 0 radical (unpaired) electrons. The van der Waals surface area contributed by atoms with Crippen molar-refractivity contribution in [1.29, 1.82) is 0 Å². The van der Waals surface area contributed by atoms with E-state index >= 15 is 0 Å². The van der Waals surface area contributed by atoms with Crippen molar-refractivity contribution in [2.24, 2.45) is 11.8 Å². The highest BCUT2D eigenvalue weighted by Gasteiger charge is 2.21. The summed E-state index contributed by atoms with van der Waals surface area (Å²) in [7, 11) is 0. The molecule has 1 heterocycles. The van der Waals surface area contributed by atoms with Crippen LogP contribution in [-0.2, 0) is 0 Å². The Balaban J connectivity index is 1.85. The van der Waals surface area contributed by atoms with Gasteiger partial charge in [0.1, 0.15) is 0 Å². The normalized spacial score (nSPS) is 26.5. The molecule has 0 N–H and O–H groups in total. The highest BCUT2D eigenvalue weighted by Crippen LogP contribution is 2.31. The summed E-state index contributed by atoms with van der Waals surface area (Å²) in [6.45, 7) is 2.32. The van der Waals surface area contributed by atoms with Crippen molar-refractivity contribution in [3.05, 3.63) is 22.4 Å². The van der Waals surface area contributed by atoms with Crippen molar-refractivity contribution in [2.45, 2.75) is 39.0 Å². The summed E-state index contributed by atoms with van der Waals surface area (Å²) >= 11 is 1.57. The first-order chi connectivity index (χ1) is 7.25. The summed E-state index contributed by atoms with van der Waals surface area (Å²) in [6.07, 6.45) is 5.88. The molecule has 0 saturated heterocycles. The summed E-state index contributed by atoms with van der Waals surface area (Å²) in [4.78, 5) is 12.8. The van der Waals surface area contributed by atoms with Gasteiger partial charge in [0.15, 0.2) is 5.78 Å². The largest absolute Gasteiger partial charge is 0.293 e. The van der Waals surface area contributed by atoms with Gasteiger partial charge in [-0.2, -0.15) is 0 Å². The number of carbonyl (C=O) groups excluding carboxylic acids is 1. The van der Waals surface area contributed by atoms with E-state index in [0.717, 1.165) is 17.2 Å². The highest BCUT2D eigenvalue weighted by molar-refractivity contribution is 7.12. The van der Waals surface area contributed by atoms with Crippen LogP contribution in [0.1, 0.15) is 48.7 Å². The molecule has 1 aromatic rings. The SMILES string of the molecule is CC1CCC(CC(=O)c2cccs2)CC1. The van der Waals surface area contributed by atoms with Crippen molar-refractivity contribution in [1.82, 2.24) is 0 Å². The van der Waals surface area contributed by atoms with Crippen molar-refractivity contribution in [3.8, 4) is 0 Å². The predicted molar refractivity (Wildman–Crippen MR) is 64.4 cm³/mol. The quantitative estimate of drug-likeness (QED) is 0.702. The molecule has 1 aliphatic carbocycles. The van der Waals surface area contributed by atoms with E-state index in [1.165, 1.54) is 25.7 Å². The zero-order valence-corrected chi connectivity index (χ0v) is 10.1. The molecule has 82 valence electrons. The van der Waals surface area contributed by atoms with Gasteiger partial charge in [0.2, 0.25) is 0 Å². The van der Waals surface area contributed by atoms with Crippen molar-refractivity contribution >= 4 is 17.1 Å². The Morgan fingerprint density at radius 2 is 2.13 bits per heavy atom. The lowest BCUT2D eigenvalue weighted by Gasteiger charge is -2.25. The molecule has 1 aliphatic rings. The Labute approximate surface area is 95.5 Å². The third kappa shape index (κ3) is 2.91. The lowest BCUT2D eigenvalue weighted by atomic mass is 9.80. The van der Waals surface area contributed by atoms with E-state index in [-0.39, 0.29) is 0 Å².